The van der Waals surface area contributed by atoms with Crippen molar-refractivity contribution in [2.75, 3.05) is 6.61 Å². The average Bonchev–Trinajstić information content (AvgIpc) is 2.44. The van der Waals surface area contributed by atoms with Crippen molar-refractivity contribution in [1.82, 2.24) is 4.90 Å². The summed E-state index contributed by atoms with van der Waals surface area (Å²) in [6.45, 7) is 13.0. The molecule has 0 aliphatic rings. The van der Waals surface area contributed by atoms with E-state index in [0.29, 0.717) is 11.2 Å². The summed E-state index contributed by atoms with van der Waals surface area (Å²) in [6.07, 6.45) is -0.360. The second kappa shape index (κ2) is 9.94. The van der Waals surface area contributed by atoms with E-state index in [2.05, 4.69) is 6.58 Å². The van der Waals surface area contributed by atoms with Crippen LogP contribution in [0.2, 0.25) is 0 Å². The fourth-order valence-electron chi connectivity index (χ4n) is 1.77. The number of carbonyl (C=O) groups is 4. The minimum Gasteiger partial charge on any atom is -0.460 e. The van der Waals surface area contributed by atoms with Crippen LogP contribution in [0.5, 0.6) is 0 Å². The van der Waals surface area contributed by atoms with Gasteiger partial charge in [-0.3, -0.25) is 0 Å². The molecule has 0 heterocycles. The minimum atomic E-state index is -1.36. The molecule has 0 aromatic rings. The number of amides is 2. The van der Waals surface area contributed by atoms with Crippen molar-refractivity contribution in [1.29, 1.82) is 0 Å². The number of imide groups is 1. The van der Waals surface area contributed by atoms with Crippen LogP contribution in [0.15, 0.2) is 12.7 Å². The van der Waals surface area contributed by atoms with Crippen molar-refractivity contribution >= 4 is 24.4 Å². The van der Waals surface area contributed by atoms with Gasteiger partial charge in [-0.1, -0.05) is 12.7 Å². The lowest BCUT2D eigenvalue weighted by Gasteiger charge is -2.32. The molecule has 0 aromatic carbocycles. The second-order valence-corrected chi connectivity index (χ2v) is 7.51. The van der Waals surface area contributed by atoms with E-state index in [4.69, 9.17) is 14.2 Å². The Balaban J connectivity index is 5.78. The highest BCUT2D eigenvalue weighted by Gasteiger charge is 2.40. The highest BCUT2D eigenvalue weighted by molar-refractivity contribution is 5.94. The summed E-state index contributed by atoms with van der Waals surface area (Å²) in [5.74, 6) is -0.858. The molecule has 0 rings (SSSR count). The Labute approximate surface area is 154 Å². The van der Waals surface area contributed by atoms with Gasteiger partial charge in [-0.25, -0.2) is 14.4 Å². The molecular weight excluding hydrogens is 342 g/mol. The topological polar surface area (TPSA) is 99.2 Å². The van der Waals surface area contributed by atoms with E-state index in [1.807, 2.05) is 0 Å². The largest absolute Gasteiger partial charge is 0.460 e. The van der Waals surface area contributed by atoms with Gasteiger partial charge in [0, 0.05) is 6.42 Å². The fourth-order valence-corrected chi connectivity index (χ4v) is 1.77. The van der Waals surface area contributed by atoms with Gasteiger partial charge in [0.25, 0.3) is 0 Å². The molecule has 2 amide bonds. The van der Waals surface area contributed by atoms with Crippen molar-refractivity contribution in [3.8, 4) is 0 Å². The van der Waals surface area contributed by atoms with Gasteiger partial charge in [0.1, 0.15) is 30.1 Å². The maximum atomic E-state index is 12.6. The van der Waals surface area contributed by atoms with Crippen LogP contribution in [0.3, 0.4) is 0 Å². The van der Waals surface area contributed by atoms with Crippen LogP contribution in [-0.4, -0.2) is 53.2 Å². The zero-order chi connectivity index (χ0) is 20.5. The molecule has 0 bridgehead atoms. The summed E-state index contributed by atoms with van der Waals surface area (Å²) >= 11 is 0. The lowest BCUT2D eigenvalue weighted by atomic mass is 10.1. The Bertz CT molecular complexity index is 501. The van der Waals surface area contributed by atoms with E-state index >= 15 is 0 Å². The molecule has 148 valence electrons. The Morgan fingerprint density at radius 1 is 1.00 bits per heavy atom. The molecule has 0 aliphatic carbocycles. The number of rotatable bonds is 7. The quantitative estimate of drug-likeness (QED) is 0.293. The van der Waals surface area contributed by atoms with Crippen molar-refractivity contribution in [3.63, 3.8) is 0 Å². The molecule has 0 N–H and O–H groups in total. The normalized spacial score (nSPS) is 12.5. The van der Waals surface area contributed by atoms with Gasteiger partial charge < -0.3 is 19.0 Å². The van der Waals surface area contributed by atoms with Crippen molar-refractivity contribution in [3.05, 3.63) is 12.7 Å². The zero-order valence-electron chi connectivity index (χ0n) is 16.4. The molecule has 8 nitrogen and oxygen atoms in total. The van der Waals surface area contributed by atoms with Crippen LogP contribution < -0.4 is 0 Å². The van der Waals surface area contributed by atoms with Crippen LogP contribution in [0, 0.1) is 0 Å². The van der Waals surface area contributed by atoms with Gasteiger partial charge in [-0.15, -0.1) is 0 Å². The predicted octanol–water partition coefficient (Wildman–Crippen LogP) is 3.24. The van der Waals surface area contributed by atoms with Gasteiger partial charge in [0.2, 0.25) is 0 Å². The third-order valence-electron chi connectivity index (χ3n) is 2.67. The van der Waals surface area contributed by atoms with E-state index in [1.165, 1.54) is 6.08 Å². The van der Waals surface area contributed by atoms with Gasteiger partial charge in [-0.2, -0.15) is 4.90 Å². The summed E-state index contributed by atoms with van der Waals surface area (Å²) in [6, 6.07) is -1.36. The summed E-state index contributed by atoms with van der Waals surface area (Å²) in [5, 5.41) is 0. The molecule has 0 saturated heterocycles. The molecule has 0 aromatic heterocycles. The number of carbonyl (C=O) groups excluding carboxylic acids is 4. The second-order valence-electron chi connectivity index (χ2n) is 7.51. The van der Waals surface area contributed by atoms with E-state index < -0.39 is 35.4 Å². The van der Waals surface area contributed by atoms with Gasteiger partial charge in [0.05, 0.1) is 0 Å². The van der Waals surface area contributed by atoms with Crippen LogP contribution in [0.25, 0.3) is 0 Å². The molecule has 0 unspecified atom stereocenters. The third-order valence-corrected chi connectivity index (χ3v) is 2.67. The smallest absolute Gasteiger partial charge is 0.420 e. The minimum absolute atomic E-state index is 0.0596. The molecule has 0 radical (unpaired) electrons. The van der Waals surface area contributed by atoms with E-state index in [-0.39, 0.29) is 19.4 Å². The first-order chi connectivity index (χ1) is 11.8. The SMILES string of the molecule is C=CCOC(=O)[C@H](CCC=O)N(C(=O)OC(C)(C)C)C(=O)OC(C)(C)C. The summed E-state index contributed by atoms with van der Waals surface area (Å²) in [5.41, 5.74) is -1.81. The first-order valence-electron chi connectivity index (χ1n) is 8.28. The lowest BCUT2D eigenvalue weighted by Crippen LogP contribution is -2.52. The monoisotopic (exact) mass is 371 g/mol. The van der Waals surface area contributed by atoms with Crippen molar-refractivity contribution < 1.29 is 33.4 Å². The van der Waals surface area contributed by atoms with E-state index in [1.54, 1.807) is 41.5 Å². The van der Waals surface area contributed by atoms with Crippen LogP contribution >= 0.6 is 0 Å². The van der Waals surface area contributed by atoms with Gasteiger partial charge in [-0.05, 0) is 48.0 Å². The molecule has 0 saturated carbocycles. The molecule has 0 spiro atoms. The average molecular weight is 371 g/mol. The summed E-state index contributed by atoms with van der Waals surface area (Å²) in [7, 11) is 0. The fraction of sp³-hybridized carbons (Fsp3) is 0.667. The van der Waals surface area contributed by atoms with Crippen LogP contribution in [0.1, 0.15) is 54.4 Å². The number of hydrogen-bond acceptors (Lipinski definition) is 7. The number of hydrogen-bond donors (Lipinski definition) is 0. The van der Waals surface area contributed by atoms with Crippen LogP contribution in [0.4, 0.5) is 9.59 Å². The molecule has 1 atom stereocenters. The first kappa shape index (κ1) is 23.6. The van der Waals surface area contributed by atoms with Gasteiger partial charge in [0.15, 0.2) is 0 Å². The first-order valence-corrected chi connectivity index (χ1v) is 8.28. The molecule has 0 aliphatic heterocycles. The predicted molar refractivity (Wildman–Crippen MR) is 94.5 cm³/mol. The molecular formula is C18H29NO7. The van der Waals surface area contributed by atoms with Crippen molar-refractivity contribution in [2.24, 2.45) is 0 Å². The maximum absolute atomic E-state index is 12.6. The number of esters is 1. The Hall–Kier alpha value is -2.38. The van der Waals surface area contributed by atoms with Gasteiger partial charge >= 0.3 is 18.2 Å². The highest BCUT2D eigenvalue weighted by Crippen LogP contribution is 2.19. The summed E-state index contributed by atoms with van der Waals surface area (Å²) in [4.78, 5) is 48.8. The number of ether oxygens (including phenoxy) is 3. The summed E-state index contributed by atoms with van der Waals surface area (Å²) < 4.78 is 15.4. The molecule has 8 heteroatoms. The van der Waals surface area contributed by atoms with E-state index in [0.717, 1.165) is 0 Å². The van der Waals surface area contributed by atoms with Crippen LogP contribution in [-0.2, 0) is 23.8 Å². The molecule has 26 heavy (non-hydrogen) atoms. The Morgan fingerprint density at radius 3 is 1.81 bits per heavy atom. The zero-order valence-corrected chi connectivity index (χ0v) is 16.4. The number of aldehydes is 1. The standard InChI is InChI=1S/C18H29NO7/c1-8-12-24-14(21)13(10-9-11-20)19(15(22)25-17(2,3)4)16(23)26-18(5,6)7/h8,11,13H,1,9-10,12H2,2-7H3/t13-/m0/s1. The Morgan fingerprint density at radius 2 is 1.46 bits per heavy atom. The number of nitrogens with zero attached hydrogens (tertiary/aromatic N) is 1. The molecule has 0 fully saturated rings. The van der Waals surface area contributed by atoms with Crippen molar-refractivity contribution in [2.45, 2.75) is 71.6 Å². The third kappa shape index (κ3) is 9.19. The van der Waals surface area contributed by atoms with E-state index in [9.17, 15) is 19.2 Å². The highest BCUT2D eigenvalue weighted by atomic mass is 16.6. The Kier molecular flexibility index (Phi) is 9.03. The maximum Gasteiger partial charge on any atom is 0.420 e. The lowest BCUT2D eigenvalue weighted by molar-refractivity contribution is -0.148.